The number of nitrogens with zero attached hydrogens (tertiary/aromatic N) is 4. The fourth-order valence-corrected chi connectivity index (χ4v) is 3.80. The summed E-state index contributed by atoms with van der Waals surface area (Å²) in [6.07, 6.45) is 2.74. The number of pyridine rings is 1. The van der Waals surface area contributed by atoms with E-state index in [1.54, 1.807) is 29.3 Å². The lowest BCUT2D eigenvalue weighted by Crippen LogP contribution is -2.50. The summed E-state index contributed by atoms with van der Waals surface area (Å²) in [4.78, 5) is 20.8. The number of aromatic nitrogens is 1. The molecule has 8 heteroatoms. The van der Waals surface area contributed by atoms with Crippen LogP contribution in [0.2, 0.25) is 0 Å². The molecule has 2 heterocycles. The smallest absolute Gasteiger partial charge is 0.243 e. The zero-order chi connectivity index (χ0) is 18.0. The Hall–Kier alpha value is -2.19. The zero-order valence-corrected chi connectivity index (χ0v) is 15.2. The molecule has 1 fully saturated rings. The molecule has 0 saturated carbocycles. The third-order valence-electron chi connectivity index (χ3n) is 4.42. The van der Waals surface area contributed by atoms with Gasteiger partial charge in [0, 0.05) is 37.8 Å². The van der Waals surface area contributed by atoms with E-state index in [0.717, 1.165) is 29.0 Å². The summed E-state index contributed by atoms with van der Waals surface area (Å²) in [5, 5.41) is 0.834. The van der Waals surface area contributed by atoms with E-state index in [0.29, 0.717) is 24.3 Å². The molecule has 1 saturated heterocycles. The number of sulfonamides is 1. The van der Waals surface area contributed by atoms with Gasteiger partial charge in [0.1, 0.15) is 6.54 Å². The number of para-hydroxylation sites is 1. The Morgan fingerprint density at radius 3 is 2.52 bits per heavy atom. The number of benzene rings is 1. The van der Waals surface area contributed by atoms with Gasteiger partial charge >= 0.3 is 0 Å². The molecule has 1 aromatic heterocycles. The lowest BCUT2D eigenvalue weighted by Gasteiger charge is -2.34. The van der Waals surface area contributed by atoms with Crippen molar-refractivity contribution in [3.8, 4) is 0 Å². The molecular formula is C17H22N4O3S. The highest BCUT2D eigenvalue weighted by Crippen LogP contribution is 2.26. The molecule has 0 bridgehead atoms. The van der Waals surface area contributed by atoms with Gasteiger partial charge in [-0.2, -0.15) is 0 Å². The van der Waals surface area contributed by atoms with Crippen LogP contribution in [0.4, 0.5) is 5.69 Å². The quantitative estimate of drug-likeness (QED) is 0.803. The van der Waals surface area contributed by atoms with Gasteiger partial charge < -0.3 is 9.80 Å². The lowest BCUT2D eigenvalue weighted by molar-refractivity contribution is -0.131. The SMILES string of the molecule is CN1CCN(C(=O)CN(c2cccc3cccnc23)S(C)(=O)=O)CC1. The van der Waals surface area contributed by atoms with Crippen molar-refractivity contribution in [2.45, 2.75) is 0 Å². The third kappa shape index (κ3) is 3.91. The highest BCUT2D eigenvalue weighted by atomic mass is 32.2. The summed E-state index contributed by atoms with van der Waals surface area (Å²) < 4.78 is 25.9. The molecule has 0 radical (unpaired) electrons. The Morgan fingerprint density at radius 2 is 1.84 bits per heavy atom. The van der Waals surface area contributed by atoms with E-state index in [1.807, 2.05) is 19.2 Å². The van der Waals surface area contributed by atoms with Crippen molar-refractivity contribution < 1.29 is 13.2 Å². The van der Waals surface area contributed by atoms with Crippen LogP contribution < -0.4 is 4.31 Å². The van der Waals surface area contributed by atoms with Crippen molar-refractivity contribution in [3.05, 3.63) is 36.5 Å². The Morgan fingerprint density at radius 1 is 1.16 bits per heavy atom. The monoisotopic (exact) mass is 362 g/mol. The summed E-state index contributed by atoms with van der Waals surface area (Å²) in [6.45, 7) is 2.60. The fourth-order valence-electron chi connectivity index (χ4n) is 2.95. The number of fused-ring (bicyclic) bond motifs is 1. The van der Waals surface area contributed by atoms with Gasteiger partial charge in [0.15, 0.2) is 0 Å². The molecule has 1 aliphatic rings. The molecule has 7 nitrogen and oxygen atoms in total. The second-order valence-electron chi connectivity index (χ2n) is 6.31. The highest BCUT2D eigenvalue weighted by molar-refractivity contribution is 7.92. The van der Waals surface area contributed by atoms with E-state index in [4.69, 9.17) is 0 Å². The van der Waals surface area contributed by atoms with Gasteiger partial charge in [0.2, 0.25) is 15.9 Å². The number of piperazine rings is 1. The molecule has 0 unspecified atom stereocenters. The predicted octanol–water partition coefficient (Wildman–Crippen LogP) is 0.775. The highest BCUT2D eigenvalue weighted by Gasteiger charge is 2.27. The van der Waals surface area contributed by atoms with Crippen LogP contribution in [0.3, 0.4) is 0 Å². The molecule has 3 rings (SSSR count). The zero-order valence-electron chi connectivity index (χ0n) is 14.4. The molecule has 134 valence electrons. The molecule has 0 atom stereocenters. The summed E-state index contributed by atoms with van der Waals surface area (Å²) in [6, 6.07) is 9.00. The number of hydrogen-bond acceptors (Lipinski definition) is 5. The molecule has 2 aromatic rings. The predicted molar refractivity (Wildman–Crippen MR) is 98.0 cm³/mol. The van der Waals surface area contributed by atoms with Gasteiger partial charge in [0.25, 0.3) is 0 Å². The van der Waals surface area contributed by atoms with Crippen molar-refractivity contribution in [2.24, 2.45) is 0 Å². The van der Waals surface area contributed by atoms with Crippen molar-refractivity contribution >= 4 is 32.5 Å². The first-order valence-electron chi connectivity index (χ1n) is 8.14. The van der Waals surface area contributed by atoms with Crippen LogP contribution in [0.1, 0.15) is 0 Å². The molecule has 0 aliphatic carbocycles. The maximum Gasteiger partial charge on any atom is 0.243 e. The standard InChI is InChI=1S/C17H22N4O3S/c1-19-9-11-20(12-10-19)16(22)13-21(25(2,23)24)15-7-3-5-14-6-4-8-18-17(14)15/h3-8H,9-13H2,1-2H3. The first kappa shape index (κ1) is 17.6. The van der Waals surface area contributed by atoms with Gasteiger partial charge in [-0.25, -0.2) is 8.42 Å². The average molecular weight is 362 g/mol. The number of carbonyl (C=O) groups is 1. The second-order valence-corrected chi connectivity index (χ2v) is 8.21. The van der Waals surface area contributed by atoms with E-state index >= 15 is 0 Å². The fraction of sp³-hybridized carbons (Fsp3) is 0.412. The normalized spacial score (nSPS) is 16.2. The summed E-state index contributed by atoms with van der Waals surface area (Å²) in [5.74, 6) is -0.188. The minimum atomic E-state index is -3.62. The Kier molecular flexibility index (Phi) is 4.91. The average Bonchev–Trinajstić information content (AvgIpc) is 2.59. The van der Waals surface area contributed by atoms with E-state index in [9.17, 15) is 13.2 Å². The molecule has 1 amide bonds. The van der Waals surface area contributed by atoms with Gasteiger partial charge in [-0.1, -0.05) is 18.2 Å². The number of rotatable bonds is 4. The number of carbonyl (C=O) groups excluding carboxylic acids is 1. The molecule has 1 aliphatic heterocycles. The molecule has 25 heavy (non-hydrogen) atoms. The van der Waals surface area contributed by atoms with Crippen molar-refractivity contribution in [2.75, 3.05) is 50.3 Å². The molecular weight excluding hydrogens is 340 g/mol. The van der Waals surface area contributed by atoms with Crippen LogP contribution in [0.25, 0.3) is 10.9 Å². The number of amides is 1. The van der Waals surface area contributed by atoms with E-state index in [-0.39, 0.29) is 12.5 Å². The Bertz CT molecular complexity index is 871. The topological polar surface area (TPSA) is 73.8 Å². The van der Waals surface area contributed by atoms with Crippen LogP contribution in [0.5, 0.6) is 0 Å². The van der Waals surface area contributed by atoms with Gasteiger partial charge in [-0.05, 0) is 19.2 Å². The molecule has 1 aromatic carbocycles. The largest absolute Gasteiger partial charge is 0.339 e. The Balaban J connectivity index is 1.92. The minimum absolute atomic E-state index is 0.188. The summed E-state index contributed by atoms with van der Waals surface area (Å²) in [7, 11) is -1.61. The maximum absolute atomic E-state index is 12.7. The second kappa shape index (κ2) is 6.97. The van der Waals surface area contributed by atoms with E-state index in [1.165, 1.54) is 0 Å². The van der Waals surface area contributed by atoms with Gasteiger partial charge in [-0.15, -0.1) is 0 Å². The van der Waals surface area contributed by atoms with Crippen LogP contribution in [-0.2, 0) is 14.8 Å². The van der Waals surface area contributed by atoms with E-state index in [2.05, 4.69) is 9.88 Å². The van der Waals surface area contributed by atoms with Crippen LogP contribution in [0, 0.1) is 0 Å². The molecule has 0 spiro atoms. The number of hydrogen-bond donors (Lipinski definition) is 0. The van der Waals surface area contributed by atoms with Crippen LogP contribution in [-0.4, -0.2) is 75.1 Å². The lowest BCUT2D eigenvalue weighted by atomic mass is 10.2. The van der Waals surface area contributed by atoms with Crippen LogP contribution >= 0.6 is 0 Å². The number of anilines is 1. The van der Waals surface area contributed by atoms with Crippen molar-refractivity contribution in [1.82, 2.24) is 14.8 Å². The van der Waals surface area contributed by atoms with Crippen LogP contribution in [0.15, 0.2) is 36.5 Å². The number of likely N-dealkylation sites (N-methyl/N-ethyl adjacent to an activating group) is 1. The van der Waals surface area contributed by atoms with Crippen molar-refractivity contribution in [1.29, 1.82) is 0 Å². The summed E-state index contributed by atoms with van der Waals surface area (Å²) in [5.41, 5.74) is 1.00. The maximum atomic E-state index is 12.7. The first-order chi connectivity index (χ1) is 11.9. The summed E-state index contributed by atoms with van der Waals surface area (Å²) >= 11 is 0. The third-order valence-corrected chi connectivity index (χ3v) is 5.54. The first-order valence-corrected chi connectivity index (χ1v) is 9.99. The molecule has 0 N–H and O–H groups in total. The minimum Gasteiger partial charge on any atom is -0.339 e. The van der Waals surface area contributed by atoms with E-state index < -0.39 is 10.0 Å². The van der Waals surface area contributed by atoms with Gasteiger partial charge in [0.05, 0.1) is 17.5 Å². The Labute approximate surface area is 147 Å². The van der Waals surface area contributed by atoms with Gasteiger partial charge in [-0.3, -0.25) is 14.1 Å². The van der Waals surface area contributed by atoms with Crippen molar-refractivity contribution in [3.63, 3.8) is 0 Å².